The zero-order valence-corrected chi connectivity index (χ0v) is 23.9. The summed E-state index contributed by atoms with van der Waals surface area (Å²) in [5.74, 6) is 1.08. The smallest absolute Gasteiger partial charge is 0.164 e. The summed E-state index contributed by atoms with van der Waals surface area (Å²) < 4.78 is 7.86. The number of nitrogens with zero attached hydrogens (tertiary/aromatic N) is 6. The van der Waals surface area contributed by atoms with Gasteiger partial charge in [-0.2, -0.15) is 5.10 Å². The Morgan fingerprint density at radius 2 is 1.73 bits per heavy atom. The second kappa shape index (κ2) is 12.0. The lowest BCUT2D eigenvalue weighted by Crippen LogP contribution is -2.49. The average molecular weight is 557 g/mol. The fourth-order valence-corrected chi connectivity index (χ4v) is 6.37. The summed E-state index contributed by atoms with van der Waals surface area (Å²) >= 11 is 0. The molecule has 1 saturated heterocycles. The van der Waals surface area contributed by atoms with E-state index in [1.807, 2.05) is 48.5 Å². The van der Waals surface area contributed by atoms with Gasteiger partial charge in [-0.3, -0.25) is 4.90 Å². The molecule has 41 heavy (non-hydrogen) atoms. The Kier molecular flexibility index (Phi) is 8.04. The van der Waals surface area contributed by atoms with Gasteiger partial charge in [-0.05, 0) is 50.4 Å². The molecule has 2 aromatic heterocycles. The number of nitrogens with two attached hydrogens (primary N) is 1. The monoisotopic (exact) mass is 556 g/mol. The van der Waals surface area contributed by atoms with Crippen molar-refractivity contribution >= 4 is 22.5 Å². The number of likely N-dealkylation sites (N-methyl/N-ethyl adjacent to an activating group) is 1. The van der Waals surface area contributed by atoms with Crippen molar-refractivity contribution in [2.24, 2.45) is 0 Å². The molecule has 1 saturated carbocycles. The van der Waals surface area contributed by atoms with Gasteiger partial charge in [-0.15, -0.1) is 0 Å². The second-order valence-corrected chi connectivity index (χ2v) is 11.3. The van der Waals surface area contributed by atoms with Crippen LogP contribution < -0.4 is 15.8 Å². The van der Waals surface area contributed by atoms with Crippen LogP contribution in [0.15, 0.2) is 54.9 Å². The van der Waals surface area contributed by atoms with E-state index in [1.54, 1.807) is 7.11 Å². The second-order valence-electron chi connectivity index (χ2n) is 11.3. The van der Waals surface area contributed by atoms with E-state index in [0.717, 1.165) is 85.4 Å². The van der Waals surface area contributed by atoms with Crippen LogP contribution >= 0.6 is 0 Å². The number of fused-ring (bicyclic) bond motifs is 1. The van der Waals surface area contributed by atoms with Crippen molar-refractivity contribution in [3.63, 3.8) is 0 Å². The summed E-state index contributed by atoms with van der Waals surface area (Å²) in [7, 11) is 3.85. The number of aromatic nitrogens is 4. The third-order valence-corrected chi connectivity index (χ3v) is 8.77. The molecule has 2 aromatic carbocycles. The average Bonchev–Trinajstić information content (AvgIpc) is 3.42. The molecule has 0 radical (unpaired) electrons. The number of ether oxygens (including phenoxy) is 1. The van der Waals surface area contributed by atoms with Gasteiger partial charge in [0.25, 0.3) is 0 Å². The van der Waals surface area contributed by atoms with Gasteiger partial charge in [-0.25, -0.2) is 14.6 Å². The number of piperazine rings is 1. The Morgan fingerprint density at radius 3 is 2.44 bits per heavy atom. The highest BCUT2D eigenvalue weighted by Crippen LogP contribution is 2.39. The van der Waals surface area contributed by atoms with Crippen molar-refractivity contribution in [2.75, 3.05) is 58.0 Å². The molecule has 1 aliphatic carbocycles. The van der Waals surface area contributed by atoms with Crippen molar-refractivity contribution < 1.29 is 9.84 Å². The number of anilines is 2. The van der Waals surface area contributed by atoms with Gasteiger partial charge in [0.05, 0.1) is 36.9 Å². The van der Waals surface area contributed by atoms with Crippen molar-refractivity contribution in [1.29, 1.82) is 0 Å². The molecule has 3 heterocycles. The van der Waals surface area contributed by atoms with Gasteiger partial charge < -0.3 is 25.8 Å². The highest BCUT2D eigenvalue weighted by Gasteiger charge is 2.31. The maximum Gasteiger partial charge on any atom is 0.164 e. The Hall–Kier alpha value is -3.73. The minimum absolute atomic E-state index is 0.0467. The normalized spacial score (nSPS) is 21.1. The van der Waals surface area contributed by atoms with Crippen LogP contribution in [0.25, 0.3) is 22.3 Å². The number of aliphatic hydroxyl groups excluding tert-OH is 1. The van der Waals surface area contributed by atoms with Crippen molar-refractivity contribution in [1.82, 2.24) is 29.5 Å². The third kappa shape index (κ3) is 5.59. The van der Waals surface area contributed by atoms with Crippen molar-refractivity contribution in [2.45, 2.75) is 43.8 Å². The lowest BCUT2D eigenvalue weighted by molar-refractivity contribution is 0.0815. The first-order chi connectivity index (χ1) is 20.1. The first-order valence-electron chi connectivity index (χ1n) is 14.6. The predicted octanol–water partition coefficient (Wildman–Crippen LogP) is 3.96. The van der Waals surface area contributed by atoms with Gasteiger partial charge in [0, 0.05) is 37.8 Å². The number of aliphatic hydroxyl groups is 1. The van der Waals surface area contributed by atoms with Crippen LogP contribution in [0.4, 0.5) is 11.5 Å². The number of benzene rings is 2. The lowest BCUT2D eigenvalue weighted by atomic mass is 9.90. The molecule has 4 N–H and O–H groups in total. The van der Waals surface area contributed by atoms with Crippen LogP contribution in [0.5, 0.6) is 5.75 Å². The maximum absolute atomic E-state index is 10.1. The summed E-state index contributed by atoms with van der Waals surface area (Å²) in [5.41, 5.74) is 10.6. The Bertz CT molecular complexity index is 1460. The van der Waals surface area contributed by atoms with Gasteiger partial charge in [0.1, 0.15) is 23.6 Å². The fourth-order valence-electron chi connectivity index (χ4n) is 6.37. The third-order valence-electron chi connectivity index (χ3n) is 8.77. The van der Waals surface area contributed by atoms with Crippen LogP contribution in [0.1, 0.15) is 43.3 Å². The molecule has 1 aliphatic heterocycles. The highest BCUT2D eigenvalue weighted by atomic mass is 16.5. The van der Waals surface area contributed by atoms with Gasteiger partial charge >= 0.3 is 0 Å². The number of methoxy groups -OCH3 is 1. The molecule has 2 aliphatic rings. The summed E-state index contributed by atoms with van der Waals surface area (Å²) in [5, 5.41) is 19.4. The van der Waals surface area contributed by atoms with E-state index in [2.05, 4.69) is 36.8 Å². The summed E-state index contributed by atoms with van der Waals surface area (Å²) in [6, 6.07) is 16.5. The molecule has 10 heteroatoms. The molecule has 0 bridgehead atoms. The molecule has 1 atom stereocenters. The minimum atomic E-state index is -0.263. The molecule has 6 rings (SSSR count). The summed E-state index contributed by atoms with van der Waals surface area (Å²) in [6.07, 6.45) is 5.97. The van der Waals surface area contributed by atoms with E-state index in [1.165, 1.54) is 6.33 Å². The molecular weight excluding hydrogens is 516 g/mol. The van der Waals surface area contributed by atoms with Gasteiger partial charge in [-0.1, -0.05) is 36.4 Å². The molecule has 0 spiro atoms. The Morgan fingerprint density at radius 1 is 1.00 bits per heavy atom. The SMILES string of the molecule is COc1cc(-c2nn(C3CCC(N4CCN(C)CC4)CC3)c3ncnc(N)c23)ccc1NC(CO)c1ccccc1. The van der Waals surface area contributed by atoms with E-state index in [9.17, 15) is 5.11 Å². The zero-order valence-electron chi connectivity index (χ0n) is 23.9. The van der Waals surface area contributed by atoms with E-state index in [4.69, 9.17) is 15.6 Å². The number of nitrogen functional groups attached to an aromatic ring is 1. The summed E-state index contributed by atoms with van der Waals surface area (Å²) in [6.45, 7) is 4.56. The fraction of sp³-hybridized carbons (Fsp3) is 0.452. The van der Waals surface area contributed by atoms with E-state index in [-0.39, 0.29) is 18.7 Å². The highest BCUT2D eigenvalue weighted by molar-refractivity contribution is 5.98. The number of hydrogen-bond acceptors (Lipinski definition) is 9. The zero-order chi connectivity index (χ0) is 28.3. The van der Waals surface area contributed by atoms with Crippen LogP contribution in [-0.2, 0) is 0 Å². The van der Waals surface area contributed by atoms with Gasteiger partial charge in [0.2, 0.25) is 0 Å². The topological polar surface area (TPSA) is 118 Å². The standard InChI is InChI=1S/C31H40N8O2/c1-37-14-16-38(17-15-37)23-9-11-24(12-10-23)39-31-28(30(32)33-20-34-31)29(36-39)22-8-13-25(27(18-22)41-2)35-26(19-40)21-6-4-3-5-7-21/h3-8,13,18,20,23-24,26,35,40H,9-12,14-17,19H2,1-2H3,(H2,32,33,34). The number of rotatable bonds is 8. The maximum atomic E-state index is 10.1. The Balaban J connectivity index is 1.27. The van der Waals surface area contributed by atoms with Crippen LogP contribution in [0, 0.1) is 0 Å². The van der Waals surface area contributed by atoms with E-state index in [0.29, 0.717) is 17.6 Å². The molecule has 2 fully saturated rings. The van der Waals surface area contributed by atoms with E-state index >= 15 is 0 Å². The van der Waals surface area contributed by atoms with Crippen LogP contribution in [0.2, 0.25) is 0 Å². The molecule has 4 aromatic rings. The lowest BCUT2D eigenvalue weighted by Gasteiger charge is -2.41. The summed E-state index contributed by atoms with van der Waals surface area (Å²) in [4.78, 5) is 14.0. The Labute approximate surface area is 241 Å². The molecule has 1 unspecified atom stereocenters. The number of hydrogen-bond donors (Lipinski definition) is 3. The van der Waals surface area contributed by atoms with Crippen LogP contribution in [-0.4, -0.2) is 87.6 Å². The van der Waals surface area contributed by atoms with Crippen molar-refractivity contribution in [3.05, 3.63) is 60.4 Å². The van der Waals surface area contributed by atoms with Gasteiger partial charge in [0.15, 0.2) is 5.65 Å². The minimum Gasteiger partial charge on any atom is -0.495 e. The first kappa shape index (κ1) is 27.4. The molecular formula is C31H40N8O2. The largest absolute Gasteiger partial charge is 0.495 e. The van der Waals surface area contributed by atoms with E-state index < -0.39 is 0 Å². The molecule has 216 valence electrons. The van der Waals surface area contributed by atoms with Crippen LogP contribution in [0.3, 0.4) is 0 Å². The van der Waals surface area contributed by atoms with Crippen molar-refractivity contribution in [3.8, 4) is 17.0 Å². The predicted molar refractivity (Wildman–Crippen MR) is 162 cm³/mol. The first-order valence-corrected chi connectivity index (χ1v) is 14.6. The molecule has 10 nitrogen and oxygen atoms in total. The number of nitrogens with one attached hydrogen (secondary N) is 1. The quantitative estimate of drug-likeness (QED) is 0.296. The molecule has 0 amide bonds.